The number of benzene rings is 2. The molecule has 7 heteroatoms. The summed E-state index contributed by atoms with van der Waals surface area (Å²) in [4.78, 5) is 23.3. The largest absolute Gasteiger partial charge is 0.497 e. The van der Waals surface area contributed by atoms with Crippen LogP contribution in [0.3, 0.4) is 0 Å². The molecule has 0 aliphatic heterocycles. The summed E-state index contributed by atoms with van der Waals surface area (Å²) >= 11 is 0. The zero-order valence-electron chi connectivity index (χ0n) is 21.2. The summed E-state index contributed by atoms with van der Waals surface area (Å²) in [6, 6.07) is 15.1. The first-order valence-electron chi connectivity index (χ1n) is 11.4. The van der Waals surface area contributed by atoms with Crippen LogP contribution in [-0.4, -0.2) is 25.8 Å². The van der Waals surface area contributed by atoms with Crippen LogP contribution in [-0.2, 0) is 26.4 Å². The smallest absolute Gasteiger partial charge is 0.187 e. The van der Waals surface area contributed by atoms with Crippen molar-refractivity contribution >= 4 is 22.9 Å². The summed E-state index contributed by atoms with van der Waals surface area (Å²) in [6.45, 7) is 3.78. The molecule has 1 radical (unpaired) electrons. The first-order valence-corrected chi connectivity index (χ1v) is 11.4. The van der Waals surface area contributed by atoms with Crippen LogP contribution in [0.1, 0.15) is 13.8 Å². The third-order valence-corrected chi connectivity index (χ3v) is 5.43. The van der Waals surface area contributed by atoms with Crippen molar-refractivity contribution in [2.24, 2.45) is 0 Å². The number of allylic oxidation sites excluding steroid dienone is 12. The van der Waals surface area contributed by atoms with Crippen LogP contribution in [0.5, 0.6) is 11.5 Å². The van der Waals surface area contributed by atoms with E-state index >= 15 is 0 Å². The molecule has 0 saturated heterocycles. The van der Waals surface area contributed by atoms with Crippen molar-refractivity contribution in [1.29, 1.82) is 0 Å². The van der Waals surface area contributed by atoms with Crippen LogP contribution in [0, 0.1) is 0 Å². The first kappa shape index (κ1) is 29.2. The second-order valence-corrected chi connectivity index (χ2v) is 7.95. The molecule has 0 aromatic heterocycles. The van der Waals surface area contributed by atoms with Gasteiger partial charge in [-0.15, -0.1) is 0 Å². The van der Waals surface area contributed by atoms with Gasteiger partial charge in [-0.3, -0.25) is 9.59 Å². The van der Waals surface area contributed by atoms with Gasteiger partial charge in [-0.05, 0) is 86.7 Å². The Balaban J connectivity index is 0.000000253. The minimum absolute atomic E-state index is 0. The summed E-state index contributed by atoms with van der Waals surface area (Å²) in [5.41, 5.74) is 4.91. The molecule has 0 amide bonds. The Kier molecular flexibility index (Phi) is 11.4. The maximum Gasteiger partial charge on any atom is 0.187 e. The molecule has 0 saturated carbocycles. The molecule has 0 spiro atoms. The molecular formula is C30H30CoN2O4. The molecule has 4 rings (SSSR count). The summed E-state index contributed by atoms with van der Waals surface area (Å²) in [5.74, 6) is 1.66. The summed E-state index contributed by atoms with van der Waals surface area (Å²) < 4.78 is 10.2. The predicted octanol–water partition coefficient (Wildman–Crippen LogP) is 6.15. The molecule has 2 N–H and O–H groups in total. The van der Waals surface area contributed by atoms with Crippen molar-refractivity contribution in [3.63, 3.8) is 0 Å². The molecule has 6 nitrogen and oxygen atoms in total. The van der Waals surface area contributed by atoms with Crippen molar-refractivity contribution in [3.8, 4) is 11.5 Å². The standard InChI is InChI=1S/2C15H15NO2.Co/c2*1-11(14-5-3-4-6-15(14)17)16-12-7-9-13(18-2)10-8-12;/h2*3-10,16H,1-2H3;/b2*14-11-;. The van der Waals surface area contributed by atoms with Gasteiger partial charge in [0.1, 0.15) is 11.5 Å². The average molecular weight is 542 g/mol. The fourth-order valence-electron chi connectivity index (χ4n) is 3.47. The van der Waals surface area contributed by atoms with E-state index in [4.69, 9.17) is 9.47 Å². The second kappa shape index (κ2) is 14.5. The van der Waals surface area contributed by atoms with Gasteiger partial charge >= 0.3 is 0 Å². The van der Waals surface area contributed by atoms with Gasteiger partial charge in [0.15, 0.2) is 11.6 Å². The van der Waals surface area contributed by atoms with Gasteiger partial charge in [0.05, 0.1) is 14.2 Å². The number of nitrogens with one attached hydrogen (secondary N) is 2. The number of carbonyl (C=O) groups is 2. The quantitative estimate of drug-likeness (QED) is 0.428. The number of ether oxygens (including phenoxy) is 2. The van der Waals surface area contributed by atoms with Gasteiger partial charge in [0.25, 0.3) is 0 Å². The zero-order chi connectivity index (χ0) is 25.9. The van der Waals surface area contributed by atoms with Crippen molar-refractivity contribution in [2.75, 3.05) is 24.9 Å². The zero-order valence-corrected chi connectivity index (χ0v) is 22.2. The van der Waals surface area contributed by atoms with Gasteiger partial charge in [-0.1, -0.05) is 24.3 Å². The topological polar surface area (TPSA) is 76.7 Å². The number of ketones is 2. The van der Waals surface area contributed by atoms with E-state index in [0.717, 1.165) is 34.3 Å². The van der Waals surface area contributed by atoms with Crippen molar-refractivity contribution < 1.29 is 35.8 Å². The van der Waals surface area contributed by atoms with Crippen molar-refractivity contribution in [3.05, 3.63) is 120 Å². The number of hydrogen-bond acceptors (Lipinski definition) is 6. The summed E-state index contributed by atoms with van der Waals surface area (Å²) in [7, 11) is 3.26. The van der Waals surface area contributed by atoms with E-state index in [1.807, 2.05) is 86.7 Å². The third-order valence-electron chi connectivity index (χ3n) is 5.43. The molecule has 2 aromatic rings. The Morgan fingerprint density at radius 2 is 0.892 bits per heavy atom. The Hall–Kier alpha value is -4.07. The molecule has 2 aliphatic carbocycles. The SMILES string of the molecule is COc1ccc(N/C(C)=C2/C=CC=CC2=O)cc1.COc1ccc(N/C(C)=C2/C=CC=CC2=O)cc1.[Co]. The van der Waals surface area contributed by atoms with Gasteiger partial charge in [-0.2, -0.15) is 0 Å². The van der Waals surface area contributed by atoms with E-state index < -0.39 is 0 Å². The predicted molar refractivity (Wildman–Crippen MR) is 145 cm³/mol. The van der Waals surface area contributed by atoms with Crippen molar-refractivity contribution in [2.45, 2.75) is 13.8 Å². The molecule has 193 valence electrons. The normalized spacial score (nSPS) is 16.2. The fraction of sp³-hybridized carbons (Fsp3) is 0.133. The molecular weight excluding hydrogens is 511 g/mol. The maximum absolute atomic E-state index is 11.7. The average Bonchev–Trinajstić information content (AvgIpc) is 2.90. The molecule has 37 heavy (non-hydrogen) atoms. The minimum Gasteiger partial charge on any atom is -0.497 e. The molecule has 0 fully saturated rings. The Labute approximate surface area is 228 Å². The monoisotopic (exact) mass is 541 g/mol. The van der Waals surface area contributed by atoms with Crippen LogP contribution < -0.4 is 20.1 Å². The van der Waals surface area contributed by atoms with Crippen LogP contribution in [0.4, 0.5) is 11.4 Å². The van der Waals surface area contributed by atoms with E-state index in [0.29, 0.717) is 11.1 Å². The fourth-order valence-corrected chi connectivity index (χ4v) is 3.47. The van der Waals surface area contributed by atoms with E-state index in [2.05, 4.69) is 10.6 Å². The number of anilines is 2. The molecule has 2 aromatic carbocycles. The molecule has 2 aliphatic rings. The van der Waals surface area contributed by atoms with Crippen LogP contribution >= 0.6 is 0 Å². The first-order chi connectivity index (χ1) is 17.4. The number of methoxy groups -OCH3 is 2. The Bertz CT molecular complexity index is 1180. The molecule has 0 atom stereocenters. The molecule has 0 heterocycles. The second-order valence-electron chi connectivity index (χ2n) is 7.95. The molecule has 0 unspecified atom stereocenters. The minimum atomic E-state index is 0. The van der Waals surface area contributed by atoms with Crippen LogP contribution in [0.25, 0.3) is 0 Å². The van der Waals surface area contributed by atoms with Gasteiger partial charge in [-0.25, -0.2) is 0 Å². The molecule has 0 bridgehead atoms. The van der Waals surface area contributed by atoms with Crippen LogP contribution in [0.2, 0.25) is 0 Å². The van der Waals surface area contributed by atoms with E-state index in [1.54, 1.807) is 38.5 Å². The van der Waals surface area contributed by atoms with Gasteiger partial charge in [0.2, 0.25) is 0 Å². The van der Waals surface area contributed by atoms with Gasteiger partial charge in [0, 0.05) is 50.7 Å². The maximum atomic E-state index is 11.7. The van der Waals surface area contributed by atoms with Crippen molar-refractivity contribution in [1.82, 2.24) is 0 Å². The van der Waals surface area contributed by atoms with E-state index in [-0.39, 0.29) is 28.3 Å². The van der Waals surface area contributed by atoms with Crippen LogP contribution in [0.15, 0.2) is 120 Å². The Morgan fingerprint density at radius 1 is 0.568 bits per heavy atom. The number of rotatable bonds is 6. The third kappa shape index (κ3) is 8.52. The number of hydrogen-bond donors (Lipinski definition) is 2. The van der Waals surface area contributed by atoms with Gasteiger partial charge < -0.3 is 20.1 Å². The Morgan fingerprint density at radius 3 is 1.19 bits per heavy atom. The van der Waals surface area contributed by atoms with E-state index in [9.17, 15) is 9.59 Å². The summed E-state index contributed by atoms with van der Waals surface area (Å²) in [5, 5.41) is 6.42. The summed E-state index contributed by atoms with van der Waals surface area (Å²) in [6.07, 6.45) is 14.0. The number of carbonyl (C=O) groups excluding carboxylic acids is 2. The van der Waals surface area contributed by atoms with E-state index in [1.165, 1.54) is 0 Å².